The molecule has 1 fully saturated rings. The Hall–Kier alpha value is -4.00. The van der Waals surface area contributed by atoms with Crippen LogP contribution in [0.4, 0.5) is 27.5 Å². The molecule has 0 aliphatic carbocycles. The van der Waals surface area contributed by atoms with Crippen molar-refractivity contribution in [1.29, 1.82) is 0 Å². The molecule has 1 aliphatic heterocycles. The fourth-order valence-corrected chi connectivity index (χ4v) is 5.60. The number of halogens is 1. The Labute approximate surface area is 220 Å². The molecule has 4 aromatic rings. The highest BCUT2D eigenvalue weighted by Crippen LogP contribution is 2.24. The smallest absolute Gasteiger partial charge is 0.243 e. The average Bonchev–Trinajstić information content (AvgIpc) is 2.94. The summed E-state index contributed by atoms with van der Waals surface area (Å²) < 4.78 is 41.0. The third-order valence-electron chi connectivity index (χ3n) is 6.16. The minimum atomic E-state index is -3.60. The van der Waals surface area contributed by atoms with Gasteiger partial charge in [0.25, 0.3) is 0 Å². The van der Waals surface area contributed by atoms with Gasteiger partial charge in [-0.05, 0) is 67.4 Å². The minimum absolute atomic E-state index is 0.225. The van der Waals surface area contributed by atoms with Crippen molar-refractivity contribution in [2.75, 3.05) is 23.7 Å². The molecule has 12 heteroatoms. The van der Waals surface area contributed by atoms with Crippen LogP contribution in [0.2, 0.25) is 0 Å². The van der Waals surface area contributed by atoms with Gasteiger partial charge in [-0.1, -0.05) is 0 Å². The molecule has 5 rings (SSSR count). The van der Waals surface area contributed by atoms with Gasteiger partial charge >= 0.3 is 0 Å². The largest absolute Gasteiger partial charge is 0.340 e. The van der Waals surface area contributed by atoms with Gasteiger partial charge in [0.15, 0.2) is 0 Å². The third kappa shape index (κ3) is 6.46. The van der Waals surface area contributed by atoms with Gasteiger partial charge in [0.05, 0.1) is 10.6 Å². The van der Waals surface area contributed by atoms with E-state index in [2.05, 4.69) is 35.9 Å². The molecule has 0 radical (unpaired) electrons. The van der Waals surface area contributed by atoms with Crippen molar-refractivity contribution in [1.82, 2.24) is 29.6 Å². The second-order valence-corrected chi connectivity index (χ2v) is 10.7. The molecule has 0 saturated carbocycles. The molecule has 38 heavy (non-hydrogen) atoms. The van der Waals surface area contributed by atoms with E-state index in [1.165, 1.54) is 16.4 Å². The molecular formula is C26H27FN8O2S. The van der Waals surface area contributed by atoms with Crippen LogP contribution in [-0.2, 0) is 16.6 Å². The van der Waals surface area contributed by atoms with Crippen molar-refractivity contribution in [2.45, 2.75) is 30.3 Å². The van der Waals surface area contributed by atoms with Gasteiger partial charge in [0.1, 0.15) is 11.6 Å². The number of aromatic nitrogens is 4. The number of sulfonamides is 1. The number of nitrogens with one attached hydrogen (secondary N) is 3. The second-order valence-electron chi connectivity index (χ2n) is 8.80. The van der Waals surface area contributed by atoms with E-state index in [1.807, 2.05) is 0 Å². The Morgan fingerprint density at radius 1 is 0.868 bits per heavy atom. The van der Waals surface area contributed by atoms with Crippen molar-refractivity contribution >= 4 is 33.2 Å². The van der Waals surface area contributed by atoms with Gasteiger partial charge in [0.2, 0.25) is 16.0 Å². The van der Waals surface area contributed by atoms with Gasteiger partial charge in [-0.15, -0.1) is 0 Å². The topological polar surface area (TPSA) is 125 Å². The maximum Gasteiger partial charge on any atom is 0.243 e. The highest BCUT2D eigenvalue weighted by Gasteiger charge is 2.29. The SMILES string of the molecule is O=S(=O)(c1ccc(Nc2nccc(Nc3ccc(F)cc3)n2)cc1)N1CCC(NCc2cnccn2)CC1. The first-order valence-corrected chi connectivity index (χ1v) is 13.6. The van der Waals surface area contributed by atoms with Gasteiger partial charge in [-0.2, -0.15) is 9.29 Å². The molecule has 196 valence electrons. The number of nitrogens with zero attached hydrogens (tertiary/aromatic N) is 5. The maximum atomic E-state index is 13.2. The molecule has 0 amide bonds. The number of hydrogen-bond acceptors (Lipinski definition) is 9. The van der Waals surface area contributed by atoms with Crippen LogP contribution in [0.3, 0.4) is 0 Å². The van der Waals surface area contributed by atoms with E-state index in [9.17, 15) is 12.8 Å². The number of piperidine rings is 1. The molecule has 0 bridgehead atoms. The van der Waals surface area contributed by atoms with Crippen molar-refractivity contribution in [3.63, 3.8) is 0 Å². The quantitative estimate of drug-likeness (QED) is 0.294. The lowest BCUT2D eigenvalue weighted by Crippen LogP contribution is -2.44. The maximum absolute atomic E-state index is 13.2. The lowest BCUT2D eigenvalue weighted by Gasteiger charge is -2.31. The van der Waals surface area contributed by atoms with E-state index in [-0.39, 0.29) is 16.8 Å². The van der Waals surface area contributed by atoms with E-state index >= 15 is 0 Å². The fraction of sp³-hybridized carbons (Fsp3) is 0.231. The standard InChI is InChI=1S/C26H27FN8O2S/c27-19-1-3-21(4-2-19)32-25-9-12-30-26(34-25)33-22-5-7-24(8-6-22)38(36,37)35-15-10-20(11-16-35)31-18-23-17-28-13-14-29-23/h1-9,12-14,17,20,31H,10-11,15-16,18H2,(H2,30,32,33,34). The summed E-state index contributed by atoms with van der Waals surface area (Å²) in [7, 11) is -3.60. The van der Waals surface area contributed by atoms with Crippen LogP contribution in [0, 0.1) is 5.82 Å². The molecule has 2 aromatic carbocycles. The van der Waals surface area contributed by atoms with Crippen molar-refractivity contribution in [2.24, 2.45) is 0 Å². The lowest BCUT2D eigenvalue weighted by molar-refractivity contribution is 0.288. The molecule has 0 spiro atoms. The summed E-state index contributed by atoms with van der Waals surface area (Å²) in [6, 6.07) is 14.4. The lowest BCUT2D eigenvalue weighted by atomic mass is 10.1. The van der Waals surface area contributed by atoms with Gasteiger partial charge in [-0.3, -0.25) is 9.97 Å². The minimum Gasteiger partial charge on any atom is -0.340 e. The molecule has 3 N–H and O–H groups in total. The Bertz CT molecular complexity index is 1450. The third-order valence-corrected chi connectivity index (χ3v) is 8.08. The Balaban J connectivity index is 1.16. The van der Waals surface area contributed by atoms with E-state index in [0.29, 0.717) is 42.8 Å². The van der Waals surface area contributed by atoms with Crippen molar-refractivity contribution < 1.29 is 12.8 Å². The first-order valence-electron chi connectivity index (χ1n) is 12.2. The number of hydrogen-bond donors (Lipinski definition) is 3. The Kier molecular flexibility index (Phi) is 7.82. The fourth-order valence-electron chi connectivity index (χ4n) is 4.13. The molecule has 1 aliphatic rings. The highest BCUT2D eigenvalue weighted by molar-refractivity contribution is 7.89. The normalized spacial score (nSPS) is 14.8. The summed E-state index contributed by atoms with van der Waals surface area (Å²) in [5.74, 6) is 0.550. The van der Waals surface area contributed by atoms with E-state index < -0.39 is 10.0 Å². The van der Waals surface area contributed by atoms with Gasteiger partial charge in [0, 0.05) is 61.8 Å². The predicted molar refractivity (Wildman–Crippen MR) is 142 cm³/mol. The van der Waals surface area contributed by atoms with Crippen LogP contribution >= 0.6 is 0 Å². The Morgan fingerprint density at radius 3 is 2.29 bits per heavy atom. The summed E-state index contributed by atoms with van der Waals surface area (Å²) in [4.78, 5) is 17.2. The van der Waals surface area contributed by atoms with E-state index in [1.54, 1.807) is 67.3 Å². The van der Waals surface area contributed by atoms with Crippen LogP contribution in [0.25, 0.3) is 0 Å². The highest BCUT2D eigenvalue weighted by atomic mass is 32.2. The first-order chi connectivity index (χ1) is 18.5. The molecule has 0 atom stereocenters. The summed E-state index contributed by atoms with van der Waals surface area (Å²) in [6.45, 7) is 1.50. The molecule has 1 saturated heterocycles. The molecule has 3 heterocycles. The summed E-state index contributed by atoms with van der Waals surface area (Å²) in [5.41, 5.74) is 2.20. The van der Waals surface area contributed by atoms with Crippen LogP contribution < -0.4 is 16.0 Å². The monoisotopic (exact) mass is 534 g/mol. The van der Waals surface area contributed by atoms with Gasteiger partial charge in [-0.25, -0.2) is 17.8 Å². The molecule has 0 unspecified atom stereocenters. The predicted octanol–water partition coefficient (Wildman–Crippen LogP) is 3.84. The average molecular weight is 535 g/mol. The zero-order valence-electron chi connectivity index (χ0n) is 20.5. The number of anilines is 4. The van der Waals surface area contributed by atoms with E-state index in [4.69, 9.17) is 0 Å². The molecule has 2 aromatic heterocycles. The summed E-state index contributed by atoms with van der Waals surface area (Å²) in [6.07, 6.45) is 8.04. The summed E-state index contributed by atoms with van der Waals surface area (Å²) in [5, 5.41) is 9.61. The number of rotatable bonds is 9. The van der Waals surface area contributed by atoms with Crippen molar-refractivity contribution in [3.8, 4) is 0 Å². The van der Waals surface area contributed by atoms with Crippen LogP contribution in [0.15, 0.2) is 84.3 Å². The summed E-state index contributed by atoms with van der Waals surface area (Å²) >= 11 is 0. The van der Waals surface area contributed by atoms with E-state index in [0.717, 1.165) is 18.5 Å². The zero-order valence-corrected chi connectivity index (χ0v) is 21.3. The zero-order chi connectivity index (χ0) is 26.4. The number of benzene rings is 2. The van der Waals surface area contributed by atoms with Crippen LogP contribution in [0.1, 0.15) is 18.5 Å². The molecular weight excluding hydrogens is 507 g/mol. The van der Waals surface area contributed by atoms with Gasteiger partial charge < -0.3 is 16.0 Å². The van der Waals surface area contributed by atoms with Crippen molar-refractivity contribution in [3.05, 3.63) is 90.9 Å². The van der Waals surface area contributed by atoms with Crippen LogP contribution in [0.5, 0.6) is 0 Å². The van der Waals surface area contributed by atoms with Crippen LogP contribution in [-0.4, -0.2) is 51.8 Å². The second kappa shape index (κ2) is 11.6. The molecule has 10 nitrogen and oxygen atoms in total. The first kappa shape index (κ1) is 25.6. The Morgan fingerprint density at radius 2 is 1.58 bits per heavy atom.